The normalized spacial score (nSPS) is 17.6. The molecule has 3 nitrogen and oxygen atoms in total. The lowest BCUT2D eigenvalue weighted by molar-refractivity contribution is -0.133. The number of hydrogen-bond acceptors (Lipinski definition) is 2. The predicted molar refractivity (Wildman–Crippen MR) is 87.5 cm³/mol. The Bertz CT molecular complexity index is 484. The lowest BCUT2D eigenvalue weighted by Crippen LogP contribution is -2.41. The molecule has 0 radical (unpaired) electrons. The number of carbonyl (C=O) groups excluding carboxylic acids is 1. The molecular formula is C17H25ClN2O. The third-order valence-electron chi connectivity index (χ3n) is 4.71. The van der Waals surface area contributed by atoms with Gasteiger partial charge in [0.1, 0.15) is 0 Å². The Morgan fingerprint density at radius 2 is 1.81 bits per heavy atom. The average molecular weight is 309 g/mol. The number of nitrogens with zero attached hydrogens (tertiary/aromatic N) is 2. The van der Waals surface area contributed by atoms with Crippen molar-refractivity contribution in [1.29, 1.82) is 0 Å². The second-order valence-corrected chi connectivity index (χ2v) is 6.66. The minimum atomic E-state index is 0.0550. The first-order chi connectivity index (χ1) is 9.90. The van der Waals surface area contributed by atoms with Gasteiger partial charge in [-0.05, 0) is 57.4 Å². The number of carbonyl (C=O) groups is 1. The largest absolute Gasteiger partial charge is 0.338 e. The van der Waals surface area contributed by atoms with Gasteiger partial charge in [-0.2, -0.15) is 0 Å². The second kappa shape index (κ2) is 6.80. The van der Waals surface area contributed by atoms with Gasteiger partial charge in [0, 0.05) is 18.1 Å². The van der Waals surface area contributed by atoms with Crippen molar-refractivity contribution in [2.45, 2.75) is 38.8 Å². The number of benzene rings is 1. The van der Waals surface area contributed by atoms with E-state index >= 15 is 0 Å². The van der Waals surface area contributed by atoms with Gasteiger partial charge in [-0.1, -0.05) is 23.7 Å². The molecule has 0 spiro atoms. The molecule has 116 valence electrons. The lowest BCUT2D eigenvalue weighted by atomic mass is 10.1. The van der Waals surface area contributed by atoms with Gasteiger partial charge in [-0.25, -0.2) is 0 Å². The summed E-state index contributed by atoms with van der Waals surface area (Å²) in [7, 11) is 3.92. The predicted octanol–water partition coefficient (Wildman–Crippen LogP) is 3.59. The molecule has 0 unspecified atom stereocenters. The smallest absolute Gasteiger partial charge is 0.236 e. The van der Waals surface area contributed by atoms with Crippen LogP contribution < -0.4 is 0 Å². The Hall–Kier alpha value is -1.06. The van der Waals surface area contributed by atoms with E-state index in [0.717, 1.165) is 16.5 Å². The summed E-state index contributed by atoms with van der Waals surface area (Å²) in [5.41, 5.74) is 1.10. The van der Waals surface area contributed by atoms with Crippen LogP contribution in [-0.4, -0.2) is 42.4 Å². The zero-order valence-electron chi connectivity index (χ0n) is 13.3. The van der Waals surface area contributed by atoms with Crippen LogP contribution in [0.2, 0.25) is 5.02 Å². The molecule has 1 aromatic rings. The van der Waals surface area contributed by atoms with Crippen LogP contribution in [0.25, 0.3) is 0 Å². The van der Waals surface area contributed by atoms with E-state index in [4.69, 9.17) is 11.6 Å². The van der Waals surface area contributed by atoms with Gasteiger partial charge in [0.25, 0.3) is 0 Å². The van der Waals surface area contributed by atoms with Crippen molar-refractivity contribution in [1.82, 2.24) is 9.80 Å². The first-order valence-corrected chi connectivity index (χ1v) is 7.99. The van der Waals surface area contributed by atoms with E-state index in [1.54, 1.807) is 0 Å². The standard InChI is InChI=1S/C17H25ClN2O/c1-12(14-5-6-14)19(3)11-17(21)20(4)13(2)15-7-9-16(18)10-8-15/h7-10,12-14H,5-6,11H2,1-4H3/t12-,13+/m1/s1. The summed E-state index contributed by atoms with van der Waals surface area (Å²) in [6.45, 7) is 4.74. The van der Waals surface area contributed by atoms with Crippen molar-refractivity contribution in [3.05, 3.63) is 34.9 Å². The van der Waals surface area contributed by atoms with Crippen molar-refractivity contribution < 1.29 is 4.79 Å². The molecule has 0 aliphatic heterocycles. The van der Waals surface area contributed by atoms with Crippen LogP contribution >= 0.6 is 11.6 Å². The molecule has 0 bridgehead atoms. The maximum Gasteiger partial charge on any atom is 0.236 e. The number of likely N-dealkylation sites (N-methyl/N-ethyl adjacent to an activating group) is 2. The number of amides is 1. The highest BCUT2D eigenvalue weighted by Gasteiger charge is 2.31. The van der Waals surface area contributed by atoms with Crippen LogP contribution in [0.3, 0.4) is 0 Å². The zero-order chi connectivity index (χ0) is 15.6. The molecule has 1 saturated carbocycles. The Labute approximate surface area is 132 Å². The van der Waals surface area contributed by atoms with Crippen molar-refractivity contribution in [3.63, 3.8) is 0 Å². The van der Waals surface area contributed by atoms with Crippen LogP contribution in [0, 0.1) is 5.92 Å². The molecule has 2 atom stereocenters. The molecule has 1 amide bonds. The van der Waals surface area contributed by atoms with Gasteiger partial charge in [0.2, 0.25) is 5.91 Å². The van der Waals surface area contributed by atoms with Gasteiger partial charge < -0.3 is 4.90 Å². The summed E-state index contributed by atoms with van der Waals surface area (Å²) >= 11 is 5.91. The van der Waals surface area contributed by atoms with Crippen molar-refractivity contribution in [2.24, 2.45) is 5.92 Å². The highest BCUT2D eigenvalue weighted by molar-refractivity contribution is 6.30. The fourth-order valence-corrected chi connectivity index (χ4v) is 2.71. The summed E-state index contributed by atoms with van der Waals surface area (Å²) in [6.07, 6.45) is 2.60. The van der Waals surface area contributed by atoms with E-state index in [-0.39, 0.29) is 11.9 Å². The minimum Gasteiger partial charge on any atom is -0.338 e. The number of hydrogen-bond donors (Lipinski definition) is 0. The van der Waals surface area contributed by atoms with Crippen molar-refractivity contribution in [3.8, 4) is 0 Å². The fourth-order valence-electron chi connectivity index (χ4n) is 2.59. The van der Waals surface area contributed by atoms with Gasteiger partial charge in [0.05, 0.1) is 12.6 Å². The van der Waals surface area contributed by atoms with Gasteiger partial charge >= 0.3 is 0 Å². The minimum absolute atomic E-state index is 0.0550. The molecule has 1 aliphatic rings. The Balaban J connectivity index is 1.93. The van der Waals surface area contributed by atoms with E-state index in [2.05, 4.69) is 11.8 Å². The summed E-state index contributed by atoms with van der Waals surface area (Å²) in [4.78, 5) is 16.4. The Kier molecular flexibility index (Phi) is 5.28. The average Bonchev–Trinajstić information content (AvgIpc) is 3.30. The van der Waals surface area contributed by atoms with Crippen LogP contribution in [0.15, 0.2) is 24.3 Å². The van der Waals surface area contributed by atoms with Crippen LogP contribution in [0.1, 0.15) is 38.3 Å². The molecule has 1 aromatic carbocycles. The molecule has 1 aliphatic carbocycles. The molecule has 0 aromatic heterocycles. The molecule has 0 saturated heterocycles. The molecule has 1 fully saturated rings. The lowest BCUT2D eigenvalue weighted by Gasteiger charge is -2.30. The summed E-state index contributed by atoms with van der Waals surface area (Å²) in [5.74, 6) is 0.939. The fraction of sp³-hybridized carbons (Fsp3) is 0.588. The maximum absolute atomic E-state index is 12.4. The molecule has 4 heteroatoms. The highest BCUT2D eigenvalue weighted by Crippen LogP contribution is 2.34. The first kappa shape index (κ1) is 16.3. The van der Waals surface area contributed by atoms with E-state index in [9.17, 15) is 4.79 Å². The summed E-state index contributed by atoms with van der Waals surface area (Å²) in [5, 5.41) is 0.720. The Morgan fingerprint density at radius 1 is 1.24 bits per heavy atom. The van der Waals surface area contributed by atoms with Crippen molar-refractivity contribution in [2.75, 3.05) is 20.6 Å². The monoisotopic (exact) mass is 308 g/mol. The maximum atomic E-state index is 12.4. The van der Waals surface area contributed by atoms with E-state index in [0.29, 0.717) is 12.6 Å². The van der Waals surface area contributed by atoms with E-state index < -0.39 is 0 Å². The molecule has 0 heterocycles. The summed E-state index contributed by atoms with van der Waals surface area (Å²) < 4.78 is 0. The third-order valence-corrected chi connectivity index (χ3v) is 4.96. The molecule has 2 rings (SSSR count). The number of halogens is 1. The van der Waals surface area contributed by atoms with E-state index in [1.165, 1.54) is 12.8 Å². The molecule has 21 heavy (non-hydrogen) atoms. The topological polar surface area (TPSA) is 23.6 Å². The van der Waals surface area contributed by atoms with Crippen LogP contribution in [-0.2, 0) is 4.79 Å². The number of rotatable bonds is 6. The van der Waals surface area contributed by atoms with E-state index in [1.807, 2.05) is 50.2 Å². The van der Waals surface area contributed by atoms with Gasteiger partial charge in [0.15, 0.2) is 0 Å². The third kappa shape index (κ3) is 4.21. The van der Waals surface area contributed by atoms with Gasteiger partial charge in [-0.15, -0.1) is 0 Å². The van der Waals surface area contributed by atoms with Gasteiger partial charge in [-0.3, -0.25) is 9.69 Å². The zero-order valence-corrected chi connectivity index (χ0v) is 14.1. The van der Waals surface area contributed by atoms with Crippen LogP contribution in [0.5, 0.6) is 0 Å². The summed E-state index contributed by atoms with van der Waals surface area (Å²) in [6, 6.07) is 8.24. The molecule has 0 N–H and O–H groups in total. The van der Waals surface area contributed by atoms with Crippen molar-refractivity contribution >= 4 is 17.5 Å². The molecular weight excluding hydrogens is 284 g/mol. The highest BCUT2D eigenvalue weighted by atomic mass is 35.5. The van der Waals surface area contributed by atoms with Crippen LogP contribution in [0.4, 0.5) is 0 Å². The second-order valence-electron chi connectivity index (χ2n) is 6.23. The quantitative estimate of drug-likeness (QED) is 0.802. The Morgan fingerprint density at radius 3 is 2.33 bits per heavy atom. The SMILES string of the molecule is C[C@H](C1CC1)N(C)CC(=O)N(C)[C@@H](C)c1ccc(Cl)cc1. The first-order valence-electron chi connectivity index (χ1n) is 7.61.